The van der Waals surface area contributed by atoms with Crippen LogP contribution in [0.2, 0.25) is 0 Å². The second kappa shape index (κ2) is 9.89. The summed E-state index contributed by atoms with van der Waals surface area (Å²) < 4.78 is 8.96. The molecule has 33 heavy (non-hydrogen) atoms. The number of ether oxygens (including phenoxy) is 1. The molecule has 0 aliphatic heterocycles. The van der Waals surface area contributed by atoms with E-state index in [2.05, 4.69) is 10.2 Å². The van der Waals surface area contributed by atoms with Gasteiger partial charge in [-0.05, 0) is 69.0 Å². The number of hydrogen-bond donors (Lipinski definition) is 0. The molecule has 8 heteroatoms. The van der Waals surface area contributed by atoms with Crippen molar-refractivity contribution in [2.45, 2.75) is 45.8 Å². The monoisotopic (exact) mass is 464 g/mol. The van der Waals surface area contributed by atoms with E-state index in [0.717, 1.165) is 22.2 Å². The molecule has 2 aromatic heterocycles. The highest BCUT2D eigenvalue weighted by Crippen LogP contribution is 2.24. The van der Waals surface area contributed by atoms with Crippen LogP contribution in [0.25, 0.3) is 16.7 Å². The van der Waals surface area contributed by atoms with Crippen molar-refractivity contribution in [1.82, 2.24) is 19.2 Å². The molecule has 172 valence electrons. The number of carbonyl (C=O) groups excluding carboxylic acids is 1. The van der Waals surface area contributed by atoms with E-state index in [1.807, 2.05) is 68.5 Å². The fourth-order valence-electron chi connectivity index (χ4n) is 3.97. The Bertz CT molecular complexity index is 1390. The van der Waals surface area contributed by atoms with Crippen LogP contribution in [0.1, 0.15) is 40.4 Å². The van der Waals surface area contributed by atoms with Gasteiger partial charge in [0.25, 0.3) is 5.56 Å². The van der Waals surface area contributed by atoms with E-state index >= 15 is 0 Å². The molecular weight excluding hydrogens is 436 g/mol. The van der Waals surface area contributed by atoms with Crippen LogP contribution in [0.15, 0.2) is 46.3 Å². The van der Waals surface area contributed by atoms with Crippen molar-refractivity contribution in [1.29, 1.82) is 0 Å². The number of benzene rings is 2. The minimum absolute atomic E-state index is 0.0479. The number of aromatic nitrogens is 4. The van der Waals surface area contributed by atoms with Gasteiger partial charge in [-0.15, -0.1) is 10.2 Å². The third kappa shape index (κ3) is 4.58. The molecule has 0 amide bonds. The van der Waals surface area contributed by atoms with E-state index in [1.54, 1.807) is 4.57 Å². The van der Waals surface area contributed by atoms with Gasteiger partial charge in [-0.3, -0.25) is 18.6 Å². The van der Waals surface area contributed by atoms with Gasteiger partial charge in [-0.1, -0.05) is 30.0 Å². The Balaban J connectivity index is 1.69. The van der Waals surface area contributed by atoms with Crippen LogP contribution >= 0.6 is 11.8 Å². The number of nitrogens with zero attached hydrogens (tertiary/aromatic N) is 4. The third-order valence-electron chi connectivity index (χ3n) is 5.83. The highest BCUT2D eigenvalue weighted by molar-refractivity contribution is 7.99. The summed E-state index contributed by atoms with van der Waals surface area (Å²) in [4.78, 5) is 26.1. The lowest BCUT2D eigenvalue weighted by Crippen LogP contribution is -2.24. The topological polar surface area (TPSA) is 78.5 Å². The summed E-state index contributed by atoms with van der Waals surface area (Å²) >= 11 is 1.34. The summed E-state index contributed by atoms with van der Waals surface area (Å²) in [5.41, 5.74) is 4.62. The number of para-hydroxylation sites is 1. The molecule has 2 heterocycles. The lowest BCUT2D eigenvalue weighted by molar-refractivity contribution is 0.102. The fraction of sp³-hybridized carbons (Fsp3) is 0.360. The summed E-state index contributed by atoms with van der Waals surface area (Å²) in [5, 5.41) is 9.86. The van der Waals surface area contributed by atoms with E-state index < -0.39 is 0 Å². The van der Waals surface area contributed by atoms with Crippen LogP contribution in [-0.4, -0.2) is 43.9 Å². The van der Waals surface area contributed by atoms with E-state index in [4.69, 9.17) is 4.74 Å². The van der Waals surface area contributed by atoms with E-state index in [0.29, 0.717) is 42.5 Å². The number of rotatable bonds is 9. The number of hydrogen-bond acceptors (Lipinski definition) is 6. The van der Waals surface area contributed by atoms with Crippen molar-refractivity contribution in [3.63, 3.8) is 0 Å². The minimum atomic E-state index is -0.0969. The van der Waals surface area contributed by atoms with Crippen LogP contribution in [0.4, 0.5) is 0 Å². The summed E-state index contributed by atoms with van der Waals surface area (Å²) in [5.74, 6) is 0.765. The molecule has 0 fully saturated rings. The Morgan fingerprint density at radius 1 is 1.06 bits per heavy atom. The molecule has 0 atom stereocenters. The fourth-order valence-corrected chi connectivity index (χ4v) is 4.79. The van der Waals surface area contributed by atoms with Crippen LogP contribution in [0.5, 0.6) is 0 Å². The minimum Gasteiger partial charge on any atom is -0.382 e. The van der Waals surface area contributed by atoms with Crippen LogP contribution in [-0.2, 0) is 11.3 Å². The van der Waals surface area contributed by atoms with Gasteiger partial charge < -0.3 is 4.74 Å². The van der Waals surface area contributed by atoms with E-state index in [1.165, 1.54) is 17.3 Å². The quantitative estimate of drug-likeness (QED) is 0.208. The van der Waals surface area contributed by atoms with Gasteiger partial charge in [0.2, 0.25) is 5.78 Å². The normalized spacial score (nSPS) is 11.5. The number of ketones is 1. The maximum absolute atomic E-state index is 13.1. The Kier molecular flexibility index (Phi) is 6.95. The van der Waals surface area contributed by atoms with Crippen LogP contribution < -0.4 is 5.56 Å². The highest BCUT2D eigenvalue weighted by Gasteiger charge is 2.18. The van der Waals surface area contributed by atoms with Gasteiger partial charge in [0, 0.05) is 25.3 Å². The van der Waals surface area contributed by atoms with Gasteiger partial charge in [0.05, 0.1) is 16.7 Å². The van der Waals surface area contributed by atoms with Crippen molar-refractivity contribution in [2.75, 3.05) is 19.0 Å². The number of thioether (sulfide) groups is 1. The molecule has 0 N–H and O–H groups in total. The summed E-state index contributed by atoms with van der Waals surface area (Å²) in [6.07, 6.45) is 0.696. The first-order valence-corrected chi connectivity index (χ1v) is 12.1. The van der Waals surface area contributed by atoms with Crippen molar-refractivity contribution >= 4 is 34.2 Å². The maximum Gasteiger partial charge on any atom is 0.262 e. The van der Waals surface area contributed by atoms with Crippen molar-refractivity contribution in [3.8, 4) is 0 Å². The van der Waals surface area contributed by atoms with Gasteiger partial charge in [-0.25, -0.2) is 0 Å². The van der Waals surface area contributed by atoms with Crippen molar-refractivity contribution in [3.05, 3.63) is 69.0 Å². The van der Waals surface area contributed by atoms with Crippen molar-refractivity contribution < 1.29 is 9.53 Å². The summed E-state index contributed by atoms with van der Waals surface area (Å²) in [7, 11) is 0. The Hall–Kier alpha value is -2.97. The molecule has 4 rings (SSSR count). The van der Waals surface area contributed by atoms with Gasteiger partial charge in [0.15, 0.2) is 10.9 Å². The van der Waals surface area contributed by atoms with Crippen molar-refractivity contribution in [2.24, 2.45) is 0 Å². The molecular formula is C25H28N4O3S. The Morgan fingerprint density at radius 3 is 2.61 bits per heavy atom. The SMILES string of the molecule is CCOCCCn1c(=O)c2ccccc2n2c(SCC(=O)c3cc(C)c(C)cc3C)nnc12. The average Bonchev–Trinajstić information content (AvgIpc) is 3.23. The second-order valence-corrected chi connectivity index (χ2v) is 9.05. The first kappa shape index (κ1) is 23.2. The van der Waals surface area contributed by atoms with Gasteiger partial charge in [0.1, 0.15) is 0 Å². The second-order valence-electron chi connectivity index (χ2n) is 8.11. The first-order chi connectivity index (χ1) is 15.9. The largest absolute Gasteiger partial charge is 0.382 e. The summed E-state index contributed by atoms with van der Waals surface area (Å²) in [6, 6.07) is 11.4. The van der Waals surface area contributed by atoms with E-state index in [-0.39, 0.29) is 17.1 Å². The zero-order chi connectivity index (χ0) is 23.5. The number of carbonyl (C=O) groups is 1. The smallest absolute Gasteiger partial charge is 0.262 e. The molecule has 0 aliphatic rings. The molecule has 0 unspecified atom stereocenters. The molecule has 0 saturated carbocycles. The number of fused-ring (bicyclic) bond motifs is 3. The van der Waals surface area contributed by atoms with Crippen LogP contribution in [0, 0.1) is 20.8 Å². The first-order valence-electron chi connectivity index (χ1n) is 11.1. The predicted molar refractivity (Wildman–Crippen MR) is 132 cm³/mol. The van der Waals surface area contributed by atoms with Gasteiger partial charge in [-0.2, -0.15) is 0 Å². The number of aryl methyl sites for hydroxylation is 4. The molecule has 2 aromatic carbocycles. The lowest BCUT2D eigenvalue weighted by atomic mass is 9.99. The lowest BCUT2D eigenvalue weighted by Gasteiger charge is -2.11. The molecule has 0 aliphatic carbocycles. The zero-order valence-corrected chi connectivity index (χ0v) is 20.2. The molecule has 4 aromatic rings. The van der Waals surface area contributed by atoms with Crippen LogP contribution in [0.3, 0.4) is 0 Å². The molecule has 0 spiro atoms. The average molecular weight is 465 g/mol. The third-order valence-corrected chi connectivity index (χ3v) is 6.76. The highest BCUT2D eigenvalue weighted by atomic mass is 32.2. The molecule has 0 radical (unpaired) electrons. The summed E-state index contributed by atoms with van der Waals surface area (Å²) in [6.45, 7) is 9.67. The Labute approximate surface area is 196 Å². The van der Waals surface area contributed by atoms with Gasteiger partial charge >= 0.3 is 0 Å². The molecule has 0 saturated heterocycles. The maximum atomic E-state index is 13.1. The molecule has 0 bridgehead atoms. The number of Topliss-reactive ketones (excluding diaryl/α,β-unsaturated/α-hetero) is 1. The zero-order valence-electron chi connectivity index (χ0n) is 19.4. The molecule has 7 nitrogen and oxygen atoms in total. The predicted octanol–water partition coefficient (Wildman–Crippen LogP) is 4.37. The standard InChI is InChI=1S/C25H28N4O3S/c1-5-32-12-8-11-28-23(31)19-9-6-7-10-21(19)29-24(28)26-27-25(29)33-15-22(30)20-14-17(3)16(2)13-18(20)4/h6-7,9-10,13-14H,5,8,11-12,15H2,1-4H3. The van der Waals surface area contributed by atoms with E-state index in [9.17, 15) is 9.59 Å². The Morgan fingerprint density at radius 2 is 1.82 bits per heavy atom.